The highest BCUT2D eigenvalue weighted by Crippen LogP contribution is 2.26. The summed E-state index contributed by atoms with van der Waals surface area (Å²) < 4.78 is 8.35. The summed E-state index contributed by atoms with van der Waals surface area (Å²) in [5, 5.41) is 5.71. The van der Waals surface area contributed by atoms with Crippen molar-refractivity contribution < 1.29 is 14.3 Å². The molecule has 0 radical (unpaired) electrons. The summed E-state index contributed by atoms with van der Waals surface area (Å²) in [6.07, 6.45) is 1.56. The first-order valence-corrected chi connectivity index (χ1v) is 10.3. The third-order valence-corrected chi connectivity index (χ3v) is 5.36. The van der Waals surface area contributed by atoms with Crippen LogP contribution in [0.1, 0.15) is 36.7 Å². The van der Waals surface area contributed by atoms with Gasteiger partial charge in [-0.3, -0.25) is 13.9 Å². The first-order chi connectivity index (χ1) is 15.2. The smallest absolute Gasteiger partial charge is 0.338 e. The SMILES string of the molecule is CC1=NN(c2ccc(C(=O)OC(C)C)cc2)C(=O)/C1=C\c1ccc2c(c1)n(C)c(=O)n2C. The van der Waals surface area contributed by atoms with Gasteiger partial charge in [0.15, 0.2) is 0 Å². The van der Waals surface area contributed by atoms with Crippen LogP contribution >= 0.6 is 0 Å². The van der Waals surface area contributed by atoms with E-state index in [0.717, 1.165) is 16.6 Å². The molecule has 0 atom stereocenters. The van der Waals surface area contributed by atoms with Crippen molar-refractivity contribution in [2.24, 2.45) is 19.2 Å². The van der Waals surface area contributed by atoms with Crippen molar-refractivity contribution >= 4 is 40.4 Å². The molecular formula is C24H24N4O4. The Morgan fingerprint density at radius 1 is 1.00 bits per heavy atom. The van der Waals surface area contributed by atoms with Crippen molar-refractivity contribution in [2.75, 3.05) is 5.01 Å². The van der Waals surface area contributed by atoms with Crippen molar-refractivity contribution in [3.63, 3.8) is 0 Å². The normalized spacial score (nSPS) is 15.2. The molecule has 164 valence electrons. The number of aromatic nitrogens is 2. The lowest BCUT2D eigenvalue weighted by Crippen LogP contribution is -2.21. The van der Waals surface area contributed by atoms with Crippen LogP contribution in [0.25, 0.3) is 17.1 Å². The van der Waals surface area contributed by atoms with Crippen molar-refractivity contribution in [3.05, 3.63) is 69.6 Å². The van der Waals surface area contributed by atoms with E-state index in [-0.39, 0.29) is 17.7 Å². The molecule has 0 saturated heterocycles. The van der Waals surface area contributed by atoms with E-state index in [1.807, 2.05) is 18.2 Å². The molecule has 0 spiro atoms. The van der Waals surface area contributed by atoms with Gasteiger partial charge in [0.05, 0.1) is 39.7 Å². The number of rotatable bonds is 4. The van der Waals surface area contributed by atoms with Crippen molar-refractivity contribution in [2.45, 2.75) is 26.9 Å². The number of aryl methyl sites for hydroxylation is 2. The fourth-order valence-corrected chi connectivity index (χ4v) is 3.66. The van der Waals surface area contributed by atoms with Crippen LogP contribution in [0.15, 0.2) is 57.9 Å². The Balaban J connectivity index is 1.62. The lowest BCUT2D eigenvalue weighted by atomic mass is 10.1. The predicted molar refractivity (Wildman–Crippen MR) is 124 cm³/mol. The molecule has 3 aromatic rings. The molecule has 1 amide bonds. The molecule has 1 aromatic heterocycles. The largest absolute Gasteiger partial charge is 0.459 e. The van der Waals surface area contributed by atoms with E-state index < -0.39 is 5.97 Å². The summed E-state index contributed by atoms with van der Waals surface area (Å²) in [5.74, 6) is -0.674. The lowest BCUT2D eigenvalue weighted by molar-refractivity contribution is -0.114. The zero-order valence-corrected chi connectivity index (χ0v) is 18.6. The number of benzene rings is 2. The second-order valence-electron chi connectivity index (χ2n) is 8.01. The molecule has 0 N–H and O–H groups in total. The van der Waals surface area contributed by atoms with E-state index in [4.69, 9.17) is 4.74 Å². The number of carbonyl (C=O) groups excluding carboxylic acids is 2. The van der Waals surface area contributed by atoms with Gasteiger partial charge in [0, 0.05) is 14.1 Å². The second-order valence-corrected chi connectivity index (χ2v) is 8.01. The highest BCUT2D eigenvalue weighted by atomic mass is 16.5. The summed E-state index contributed by atoms with van der Waals surface area (Å²) in [5.41, 5.74) is 4.31. The van der Waals surface area contributed by atoms with Gasteiger partial charge in [-0.05, 0) is 68.8 Å². The van der Waals surface area contributed by atoms with Crippen LogP contribution in [0.2, 0.25) is 0 Å². The Morgan fingerprint density at radius 2 is 1.66 bits per heavy atom. The molecule has 8 heteroatoms. The van der Waals surface area contributed by atoms with Gasteiger partial charge in [-0.15, -0.1) is 0 Å². The number of hydrazone groups is 1. The molecule has 0 aliphatic carbocycles. The zero-order chi connectivity index (χ0) is 23.2. The highest BCUT2D eigenvalue weighted by Gasteiger charge is 2.29. The van der Waals surface area contributed by atoms with Crippen molar-refractivity contribution in [3.8, 4) is 0 Å². The second kappa shape index (κ2) is 7.96. The van der Waals surface area contributed by atoms with E-state index in [2.05, 4.69) is 5.10 Å². The Kier molecular flexibility index (Phi) is 5.30. The fraction of sp³-hybridized carbons (Fsp3) is 0.250. The number of amides is 1. The van der Waals surface area contributed by atoms with Gasteiger partial charge in [-0.2, -0.15) is 10.1 Å². The van der Waals surface area contributed by atoms with Crippen LogP contribution in [0, 0.1) is 0 Å². The van der Waals surface area contributed by atoms with Gasteiger partial charge in [0.1, 0.15) is 0 Å². The molecule has 1 aliphatic heterocycles. The average Bonchev–Trinajstić information content (AvgIpc) is 3.16. The van der Waals surface area contributed by atoms with Crippen molar-refractivity contribution in [1.82, 2.24) is 9.13 Å². The number of ether oxygens (including phenoxy) is 1. The molecule has 32 heavy (non-hydrogen) atoms. The van der Waals surface area contributed by atoms with Crippen LogP contribution in [-0.4, -0.2) is 32.8 Å². The van der Waals surface area contributed by atoms with E-state index >= 15 is 0 Å². The Bertz CT molecular complexity index is 1360. The maximum Gasteiger partial charge on any atom is 0.338 e. The minimum Gasteiger partial charge on any atom is -0.459 e. The number of imidazole rings is 1. The maximum atomic E-state index is 13.1. The van der Waals surface area contributed by atoms with Crippen LogP contribution in [-0.2, 0) is 23.6 Å². The molecule has 0 unspecified atom stereocenters. The Hall–Kier alpha value is -3.94. The lowest BCUT2D eigenvalue weighted by Gasteiger charge is -2.13. The summed E-state index contributed by atoms with van der Waals surface area (Å²) in [4.78, 5) is 37.3. The number of carbonyl (C=O) groups is 2. The minimum atomic E-state index is -0.412. The molecular weight excluding hydrogens is 408 g/mol. The summed E-state index contributed by atoms with van der Waals surface area (Å²) in [7, 11) is 3.45. The Morgan fingerprint density at radius 3 is 2.31 bits per heavy atom. The van der Waals surface area contributed by atoms with Gasteiger partial charge in [-0.1, -0.05) is 6.07 Å². The molecule has 0 saturated carbocycles. The van der Waals surface area contributed by atoms with E-state index in [9.17, 15) is 14.4 Å². The molecule has 8 nitrogen and oxygen atoms in total. The van der Waals surface area contributed by atoms with Crippen LogP contribution < -0.4 is 10.7 Å². The molecule has 2 heterocycles. The first kappa shape index (κ1) is 21.3. The number of nitrogens with zero attached hydrogens (tertiary/aromatic N) is 4. The molecule has 0 bridgehead atoms. The molecule has 2 aromatic carbocycles. The fourth-order valence-electron chi connectivity index (χ4n) is 3.66. The van der Waals surface area contributed by atoms with Crippen LogP contribution in [0.4, 0.5) is 5.69 Å². The van der Waals surface area contributed by atoms with Crippen LogP contribution in [0.5, 0.6) is 0 Å². The number of esters is 1. The third-order valence-electron chi connectivity index (χ3n) is 5.36. The number of hydrogen-bond donors (Lipinski definition) is 0. The standard InChI is InChI=1S/C24H24N4O4/c1-14(2)32-23(30)17-7-9-18(10-8-17)28-22(29)19(15(3)25-28)12-16-6-11-20-21(13-16)27(5)24(31)26(20)4/h6-14H,1-5H3/b19-12-. The van der Waals surface area contributed by atoms with Gasteiger partial charge >= 0.3 is 11.7 Å². The molecule has 1 aliphatic rings. The van der Waals surface area contributed by atoms with Crippen molar-refractivity contribution in [1.29, 1.82) is 0 Å². The monoisotopic (exact) mass is 432 g/mol. The summed E-state index contributed by atoms with van der Waals surface area (Å²) in [6, 6.07) is 12.2. The average molecular weight is 432 g/mol. The summed E-state index contributed by atoms with van der Waals surface area (Å²) >= 11 is 0. The first-order valence-electron chi connectivity index (χ1n) is 10.3. The van der Waals surface area contributed by atoms with Gasteiger partial charge in [0.2, 0.25) is 0 Å². The highest BCUT2D eigenvalue weighted by molar-refractivity contribution is 6.32. The van der Waals surface area contributed by atoms with E-state index in [1.54, 1.807) is 74.3 Å². The zero-order valence-electron chi connectivity index (χ0n) is 18.6. The number of hydrogen-bond acceptors (Lipinski definition) is 5. The number of fused-ring (bicyclic) bond motifs is 1. The quantitative estimate of drug-likeness (QED) is 0.468. The molecule has 4 rings (SSSR count). The number of anilines is 1. The van der Waals surface area contributed by atoms with E-state index in [0.29, 0.717) is 22.5 Å². The van der Waals surface area contributed by atoms with Gasteiger partial charge in [-0.25, -0.2) is 9.59 Å². The van der Waals surface area contributed by atoms with Crippen LogP contribution in [0.3, 0.4) is 0 Å². The third kappa shape index (κ3) is 3.64. The van der Waals surface area contributed by atoms with Gasteiger partial charge in [0.25, 0.3) is 5.91 Å². The van der Waals surface area contributed by atoms with Gasteiger partial charge < -0.3 is 4.74 Å². The maximum absolute atomic E-state index is 13.1. The minimum absolute atomic E-state index is 0.105. The molecule has 0 fully saturated rings. The summed E-state index contributed by atoms with van der Waals surface area (Å²) in [6.45, 7) is 5.35. The Labute approximate surface area is 185 Å². The van der Waals surface area contributed by atoms with E-state index in [1.165, 1.54) is 5.01 Å². The topological polar surface area (TPSA) is 85.9 Å². The predicted octanol–water partition coefficient (Wildman–Crippen LogP) is 3.25.